The third-order valence-corrected chi connectivity index (χ3v) is 5.66. The van der Waals surface area contributed by atoms with Crippen molar-refractivity contribution >= 4 is 10.9 Å². The third-order valence-electron chi connectivity index (χ3n) is 5.66. The maximum absolute atomic E-state index is 4.85. The molecule has 4 heteroatoms. The van der Waals surface area contributed by atoms with Crippen LogP contribution in [0.15, 0.2) is 67.1 Å². The quantitative estimate of drug-likeness (QED) is 0.574. The first-order chi connectivity index (χ1) is 13.3. The van der Waals surface area contributed by atoms with Gasteiger partial charge in [0, 0.05) is 42.0 Å². The Kier molecular flexibility index (Phi) is 4.06. The summed E-state index contributed by atoms with van der Waals surface area (Å²) in [5.41, 5.74) is 5.98. The van der Waals surface area contributed by atoms with Crippen molar-refractivity contribution in [3.8, 4) is 22.5 Å². The molecule has 4 aromatic rings. The summed E-state index contributed by atoms with van der Waals surface area (Å²) in [6.07, 6.45) is 5.34. The Labute approximate surface area is 159 Å². The molecule has 1 N–H and O–H groups in total. The number of nitrogens with one attached hydrogen (secondary N) is 1. The molecule has 3 heterocycles. The Hall–Kier alpha value is -2.85. The first-order valence-electron chi connectivity index (χ1n) is 9.77. The van der Waals surface area contributed by atoms with E-state index >= 15 is 0 Å². The number of nitrogens with zero attached hydrogens (tertiary/aromatic N) is 3. The minimum absolute atomic E-state index is 0.457. The molecule has 1 aliphatic rings. The number of rotatable bonds is 4. The van der Waals surface area contributed by atoms with Gasteiger partial charge in [0.05, 0.1) is 17.7 Å². The van der Waals surface area contributed by atoms with Gasteiger partial charge >= 0.3 is 0 Å². The van der Waals surface area contributed by atoms with Crippen LogP contribution in [0.25, 0.3) is 33.4 Å². The molecule has 2 aromatic heterocycles. The number of hydrogen-bond donors (Lipinski definition) is 1. The first-order valence-corrected chi connectivity index (χ1v) is 9.77. The summed E-state index contributed by atoms with van der Waals surface area (Å²) in [6.45, 7) is 5.24. The molecule has 0 spiro atoms. The summed E-state index contributed by atoms with van der Waals surface area (Å²) in [7, 11) is 0. The van der Waals surface area contributed by atoms with Gasteiger partial charge < -0.3 is 14.5 Å². The van der Waals surface area contributed by atoms with Gasteiger partial charge in [0.25, 0.3) is 0 Å². The fraction of sp³-hybridized carbons (Fsp3) is 0.261. The van der Waals surface area contributed by atoms with Crippen molar-refractivity contribution in [2.24, 2.45) is 0 Å². The lowest BCUT2D eigenvalue weighted by molar-refractivity contribution is 0.551. The van der Waals surface area contributed by atoms with Gasteiger partial charge in [0.1, 0.15) is 0 Å². The minimum atomic E-state index is 0.457. The maximum atomic E-state index is 4.85. The fourth-order valence-electron chi connectivity index (χ4n) is 4.21. The van der Waals surface area contributed by atoms with Gasteiger partial charge in [-0.05, 0) is 37.4 Å². The van der Waals surface area contributed by atoms with E-state index in [4.69, 9.17) is 4.98 Å². The normalized spacial score (nSPS) is 17.0. The molecule has 0 bridgehead atoms. The largest absolute Gasteiger partial charge is 0.348 e. The second-order valence-corrected chi connectivity index (χ2v) is 7.24. The molecule has 1 unspecified atom stereocenters. The molecule has 0 radical (unpaired) electrons. The summed E-state index contributed by atoms with van der Waals surface area (Å²) >= 11 is 0. The zero-order valence-corrected chi connectivity index (χ0v) is 15.6. The lowest BCUT2D eigenvalue weighted by atomic mass is 10.0. The third kappa shape index (κ3) is 2.77. The van der Waals surface area contributed by atoms with Crippen molar-refractivity contribution in [3.05, 3.63) is 67.1 Å². The van der Waals surface area contributed by atoms with Crippen LogP contribution in [-0.2, 0) is 6.54 Å². The molecule has 2 aromatic carbocycles. The molecule has 136 valence electrons. The zero-order valence-electron chi connectivity index (χ0n) is 15.6. The molecular weight excluding hydrogens is 332 g/mol. The SMILES string of the molecule is CCn1ccc2ccc(-c3c(-c4ccccc4)ncn3C3CCNC3)cc21. The molecule has 1 aliphatic heterocycles. The van der Waals surface area contributed by atoms with Crippen LogP contribution in [0, 0.1) is 0 Å². The Balaban J connectivity index is 1.72. The van der Waals surface area contributed by atoms with E-state index in [0.717, 1.165) is 31.7 Å². The molecule has 5 rings (SSSR count). The molecule has 4 nitrogen and oxygen atoms in total. The van der Waals surface area contributed by atoms with Crippen LogP contribution >= 0.6 is 0 Å². The fourth-order valence-corrected chi connectivity index (χ4v) is 4.21. The van der Waals surface area contributed by atoms with Crippen molar-refractivity contribution in [2.75, 3.05) is 13.1 Å². The first kappa shape index (κ1) is 16.3. The Morgan fingerprint density at radius 2 is 1.96 bits per heavy atom. The van der Waals surface area contributed by atoms with Crippen LogP contribution < -0.4 is 5.32 Å². The van der Waals surface area contributed by atoms with Crippen LogP contribution in [0.2, 0.25) is 0 Å². The van der Waals surface area contributed by atoms with Gasteiger partial charge in [0.2, 0.25) is 0 Å². The molecule has 1 saturated heterocycles. The van der Waals surface area contributed by atoms with Crippen LogP contribution in [0.1, 0.15) is 19.4 Å². The van der Waals surface area contributed by atoms with Crippen LogP contribution in [0.5, 0.6) is 0 Å². The van der Waals surface area contributed by atoms with Crippen molar-refractivity contribution in [3.63, 3.8) is 0 Å². The summed E-state index contributed by atoms with van der Waals surface area (Å²) in [5, 5.41) is 4.78. The predicted molar refractivity (Wildman–Crippen MR) is 111 cm³/mol. The summed E-state index contributed by atoms with van der Waals surface area (Å²) in [5.74, 6) is 0. The van der Waals surface area contributed by atoms with E-state index in [9.17, 15) is 0 Å². The van der Waals surface area contributed by atoms with Gasteiger partial charge in [0.15, 0.2) is 0 Å². The maximum Gasteiger partial charge on any atom is 0.0963 e. The van der Waals surface area contributed by atoms with E-state index < -0.39 is 0 Å². The standard InChI is InChI=1S/C23H24N4/c1-2-26-13-11-17-8-9-19(14-21(17)26)23-22(18-6-4-3-5-7-18)25-16-27(23)20-10-12-24-15-20/h3-9,11,13-14,16,20,24H,2,10,12,15H2,1H3. The smallest absolute Gasteiger partial charge is 0.0963 e. The number of fused-ring (bicyclic) bond motifs is 1. The number of benzene rings is 2. The van der Waals surface area contributed by atoms with E-state index in [2.05, 4.69) is 82.2 Å². The van der Waals surface area contributed by atoms with E-state index in [0.29, 0.717) is 6.04 Å². The van der Waals surface area contributed by atoms with Crippen molar-refractivity contribution in [1.82, 2.24) is 19.4 Å². The second-order valence-electron chi connectivity index (χ2n) is 7.24. The van der Waals surface area contributed by atoms with Gasteiger partial charge in [-0.1, -0.05) is 42.5 Å². The number of aryl methyl sites for hydroxylation is 1. The van der Waals surface area contributed by atoms with Gasteiger partial charge in [-0.25, -0.2) is 4.98 Å². The van der Waals surface area contributed by atoms with Gasteiger partial charge in [-0.15, -0.1) is 0 Å². The molecule has 0 aliphatic carbocycles. The molecule has 1 atom stereocenters. The zero-order chi connectivity index (χ0) is 18.2. The van der Waals surface area contributed by atoms with E-state index in [1.807, 2.05) is 6.33 Å². The minimum Gasteiger partial charge on any atom is -0.348 e. The predicted octanol–water partition coefficient (Wildman–Crippen LogP) is 4.73. The van der Waals surface area contributed by atoms with Crippen LogP contribution in [-0.4, -0.2) is 27.2 Å². The van der Waals surface area contributed by atoms with Crippen molar-refractivity contribution in [2.45, 2.75) is 25.9 Å². The highest BCUT2D eigenvalue weighted by Crippen LogP contribution is 2.36. The molecule has 27 heavy (non-hydrogen) atoms. The van der Waals surface area contributed by atoms with E-state index in [-0.39, 0.29) is 0 Å². The van der Waals surface area contributed by atoms with Gasteiger partial charge in [-0.2, -0.15) is 0 Å². The molecule has 0 amide bonds. The molecular formula is C23H24N4. The van der Waals surface area contributed by atoms with E-state index in [1.54, 1.807) is 0 Å². The summed E-state index contributed by atoms with van der Waals surface area (Å²) in [4.78, 5) is 4.85. The van der Waals surface area contributed by atoms with Crippen molar-refractivity contribution < 1.29 is 0 Å². The topological polar surface area (TPSA) is 34.8 Å². The monoisotopic (exact) mass is 356 g/mol. The van der Waals surface area contributed by atoms with Crippen LogP contribution in [0.3, 0.4) is 0 Å². The highest BCUT2D eigenvalue weighted by atomic mass is 15.1. The number of hydrogen-bond acceptors (Lipinski definition) is 2. The lowest BCUT2D eigenvalue weighted by Gasteiger charge is -2.16. The lowest BCUT2D eigenvalue weighted by Crippen LogP contribution is -2.13. The second kappa shape index (κ2) is 6.71. The van der Waals surface area contributed by atoms with Crippen molar-refractivity contribution in [1.29, 1.82) is 0 Å². The Morgan fingerprint density at radius 1 is 1.07 bits per heavy atom. The summed E-state index contributed by atoms with van der Waals surface area (Å²) < 4.78 is 4.68. The molecule has 1 fully saturated rings. The number of aromatic nitrogens is 3. The van der Waals surface area contributed by atoms with Gasteiger partial charge in [-0.3, -0.25) is 0 Å². The molecule has 0 saturated carbocycles. The average Bonchev–Trinajstić information content (AvgIpc) is 3.46. The number of imidazole rings is 1. The highest BCUT2D eigenvalue weighted by molar-refractivity contribution is 5.88. The highest BCUT2D eigenvalue weighted by Gasteiger charge is 2.23. The van der Waals surface area contributed by atoms with E-state index in [1.165, 1.54) is 27.7 Å². The summed E-state index contributed by atoms with van der Waals surface area (Å²) in [6, 6.07) is 20.0. The average molecular weight is 356 g/mol. The Bertz CT molecular complexity index is 1070. The van der Waals surface area contributed by atoms with Crippen LogP contribution in [0.4, 0.5) is 0 Å². The Morgan fingerprint density at radius 3 is 2.74 bits per heavy atom.